The largest absolute Gasteiger partial charge is 0.302 e. The van der Waals surface area contributed by atoms with Gasteiger partial charge < -0.3 is 4.90 Å². The van der Waals surface area contributed by atoms with Gasteiger partial charge in [-0.25, -0.2) is 4.39 Å². The molecule has 148 valence electrons. The molecular weight excluding hydrogens is 339 g/mol. The van der Waals surface area contributed by atoms with Crippen LogP contribution in [0, 0.1) is 5.82 Å². The molecular formula is C22H33FN4. The number of benzene rings is 1. The summed E-state index contributed by atoms with van der Waals surface area (Å²) in [5.41, 5.74) is 3.85. The minimum absolute atomic E-state index is 0.228. The monoisotopic (exact) mass is 372 g/mol. The van der Waals surface area contributed by atoms with Gasteiger partial charge in [-0.2, -0.15) is 0 Å². The maximum Gasteiger partial charge on any atom is 0.131 e. The molecule has 1 saturated heterocycles. The number of rotatable bonds is 9. The summed E-state index contributed by atoms with van der Waals surface area (Å²) < 4.78 is 14.7. The number of hydrogen-bond acceptors (Lipinski definition) is 4. The molecule has 1 aromatic rings. The van der Waals surface area contributed by atoms with Gasteiger partial charge in [-0.1, -0.05) is 26.0 Å². The lowest BCUT2D eigenvalue weighted by Crippen LogP contribution is -2.35. The normalized spacial score (nSPS) is 19.3. The topological polar surface area (TPSA) is 40.0 Å². The van der Waals surface area contributed by atoms with E-state index in [1.54, 1.807) is 6.07 Å². The van der Waals surface area contributed by atoms with E-state index in [-0.39, 0.29) is 5.82 Å². The number of likely N-dealkylation sites (tertiary alicyclic amines) is 1. The molecule has 0 spiro atoms. The van der Waals surface area contributed by atoms with Crippen LogP contribution in [-0.4, -0.2) is 50.2 Å². The van der Waals surface area contributed by atoms with Gasteiger partial charge in [-0.05, 0) is 64.5 Å². The Morgan fingerprint density at radius 2 is 2.15 bits per heavy atom. The third-order valence-corrected chi connectivity index (χ3v) is 5.37. The van der Waals surface area contributed by atoms with Crippen molar-refractivity contribution in [3.8, 4) is 0 Å². The Morgan fingerprint density at radius 1 is 1.37 bits per heavy atom. The second-order valence-corrected chi connectivity index (χ2v) is 7.13. The lowest BCUT2D eigenvalue weighted by molar-refractivity contribution is 0.302. The number of allylic oxidation sites excluding steroid dienone is 2. The van der Waals surface area contributed by atoms with Gasteiger partial charge in [0, 0.05) is 35.1 Å². The molecule has 27 heavy (non-hydrogen) atoms. The zero-order valence-electron chi connectivity index (χ0n) is 17.2. The molecule has 0 radical (unpaired) electrons. The molecule has 1 aromatic carbocycles. The summed E-state index contributed by atoms with van der Waals surface area (Å²) in [4.78, 5) is 11.2. The average Bonchev–Trinajstić information content (AvgIpc) is 3.08. The van der Waals surface area contributed by atoms with Gasteiger partial charge in [-0.3, -0.25) is 15.3 Å². The molecule has 0 bridgehead atoms. The molecule has 0 amide bonds. The fourth-order valence-corrected chi connectivity index (χ4v) is 3.63. The van der Waals surface area contributed by atoms with Gasteiger partial charge >= 0.3 is 0 Å². The quantitative estimate of drug-likeness (QED) is 0.518. The average molecular weight is 373 g/mol. The summed E-state index contributed by atoms with van der Waals surface area (Å²) in [7, 11) is 2.17. The number of hydrogen-bond donors (Lipinski definition) is 1. The van der Waals surface area contributed by atoms with Crippen LogP contribution in [0.4, 0.5) is 4.39 Å². The van der Waals surface area contributed by atoms with Crippen molar-refractivity contribution in [2.45, 2.75) is 52.5 Å². The molecule has 1 atom stereocenters. The minimum atomic E-state index is -0.228. The number of likely N-dealkylation sites (N-methyl/N-ethyl adjacent to an activating group) is 1. The van der Waals surface area contributed by atoms with E-state index in [9.17, 15) is 4.39 Å². The Hall–Kier alpha value is -1.85. The molecule has 1 N–H and O–H groups in total. The molecule has 1 aliphatic heterocycles. The number of nitrogens with zero attached hydrogens (tertiary/aromatic N) is 3. The maximum atomic E-state index is 14.7. The van der Waals surface area contributed by atoms with Crippen LogP contribution >= 0.6 is 0 Å². The summed E-state index contributed by atoms with van der Waals surface area (Å²) in [6, 6.07) is 5.99. The molecule has 1 aliphatic rings. The molecule has 5 heteroatoms. The highest BCUT2D eigenvalue weighted by molar-refractivity contribution is 6.23. The predicted molar refractivity (Wildman–Crippen MR) is 114 cm³/mol. The molecule has 4 nitrogen and oxygen atoms in total. The fraction of sp³-hybridized carbons (Fsp3) is 0.545. The van der Waals surface area contributed by atoms with Crippen molar-refractivity contribution >= 4 is 18.0 Å². The number of aryl methyl sites for hydroxylation is 1. The SMILES string of the molecule is C=N/C(CC)=C(\C(C)=NCNCC1CCCN1C)c1ccc(CC)cc1F. The van der Waals surface area contributed by atoms with Crippen molar-refractivity contribution in [3.63, 3.8) is 0 Å². The van der Waals surface area contributed by atoms with E-state index in [0.717, 1.165) is 35.5 Å². The van der Waals surface area contributed by atoms with Gasteiger partial charge in [0.25, 0.3) is 0 Å². The van der Waals surface area contributed by atoms with Gasteiger partial charge in [0.1, 0.15) is 5.82 Å². The molecule has 1 heterocycles. The van der Waals surface area contributed by atoms with Crippen LogP contribution in [0.1, 0.15) is 51.2 Å². The maximum absolute atomic E-state index is 14.7. The first-order chi connectivity index (χ1) is 13.0. The number of halogens is 1. The first-order valence-corrected chi connectivity index (χ1v) is 9.92. The Kier molecular flexibility index (Phi) is 8.32. The van der Waals surface area contributed by atoms with Crippen molar-refractivity contribution in [2.75, 3.05) is 26.8 Å². The van der Waals surface area contributed by atoms with Crippen LogP contribution < -0.4 is 5.32 Å². The van der Waals surface area contributed by atoms with E-state index in [1.165, 1.54) is 19.4 Å². The second kappa shape index (κ2) is 10.5. The Labute approximate surface area is 163 Å². The fourth-order valence-electron chi connectivity index (χ4n) is 3.63. The van der Waals surface area contributed by atoms with E-state index in [4.69, 9.17) is 0 Å². The van der Waals surface area contributed by atoms with Crippen LogP contribution in [0.15, 0.2) is 33.9 Å². The third-order valence-electron chi connectivity index (χ3n) is 5.37. The van der Waals surface area contributed by atoms with E-state index in [1.807, 2.05) is 32.9 Å². The van der Waals surface area contributed by atoms with E-state index >= 15 is 0 Å². The van der Waals surface area contributed by atoms with Crippen molar-refractivity contribution < 1.29 is 4.39 Å². The highest BCUT2D eigenvalue weighted by atomic mass is 19.1. The number of nitrogens with one attached hydrogen (secondary N) is 1. The highest BCUT2D eigenvalue weighted by Crippen LogP contribution is 2.27. The predicted octanol–water partition coefficient (Wildman–Crippen LogP) is 4.31. The van der Waals surface area contributed by atoms with Crippen LogP contribution in [-0.2, 0) is 6.42 Å². The van der Waals surface area contributed by atoms with Crippen LogP contribution in [0.25, 0.3) is 5.57 Å². The van der Waals surface area contributed by atoms with E-state index in [2.05, 4.69) is 34.0 Å². The summed E-state index contributed by atoms with van der Waals surface area (Å²) >= 11 is 0. The van der Waals surface area contributed by atoms with Crippen molar-refractivity contribution in [1.29, 1.82) is 0 Å². The van der Waals surface area contributed by atoms with E-state index in [0.29, 0.717) is 24.7 Å². The molecule has 1 unspecified atom stereocenters. The third kappa shape index (κ3) is 5.56. The van der Waals surface area contributed by atoms with Gasteiger partial charge in [-0.15, -0.1) is 0 Å². The summed E-state index contributed by atoms with van der Waals surface area (Å²) in [6.07, 6.45) is 3.98. The first kappa shape index (κ1) is 21.5. The van der Waals surface area contributed by atoms with Crippen LogP contribution in [0.5, 0.6) is 0 Å². The van der Waals surface area contributed by atoms with Gasteiger partial charge in [0.05, 0.1) is 6.67 Å². The van der Waals surface area contributed by atoms with Crippen LogP contribution in [0.2, 0.25) is 0 Å². The summed E-state index contributed by atoms with van der Waals surface area (Å²) in [5, 5.41) is 3.41. The zero-order chi connectivity index (χ0) is 19.8. The molecule has 0 aliphatic carbocycles. The Bertz CT molecular complexity index is 708. The standard InChI is InChI=1S/C22H33FN4/c1-6-17-10-11-19(20(23)13-17)22(21(7-2)24-4)16(3)26-15-25-14-18-9-8-12-27(18)5/h10-11,13,18,25H,4,6-9,12,14-15H2,1-3,5H3/b22-21+,26-16?. The Morgan fingerprint density at radius 3 is 2.70 bits per heavy atom. The van der Waals surface area contributed by atoms with Crippen molar-refractivity contribution in [1.82, 2.24) is 10.2 Å². The zero-order valence-corrected chi connectivity index (χ0v) is 17.2. The lowest BCUT2D eigenvalue weighted by Gasteiger charge is -2.19. The van der Waals surface area contributed by atoms with Crippen molar-refractivity contribution in [3.05, 3.63) is 40.8 Å². The second-order valence-electron chi connectivity index (χ2n) is 7.13. The molecule has 1 fully saturated rings. The molecule has 0 aromatic heterocycles. The first-order valence-electron chi connectivity index (χ1n) is 9.92. The molecule has 2 rings (SSSR count). The van der Waals surface area contributed by atoms with Crippen molar-refractivity contribution in [2.24, 2.45) is 9.98 Å². The highest BCUT2D eigenvalue weighted by Gasteiger charge is 2.20. The summed E-state index contributed by atoms with van der Waals surface area (Å²) in [5.74, 6) is -0.228. The Balaban J connectivity index is 2.18. The number of aliphatic imine (C=N–C) groups is 2. The van der Waals surface area contributed by atoms with E-state index < -0.39 is 0 Å². The minimum Gasteiger partial charge on any atom is -0.302 e. The molecule has 0 saturated carbocycles. The smallest absolute Gasteiger partial charge is 0.131 e. The summed E-state index contributed by atoms with van der Waals surface area (Å²) in [6.45, 7) is 12.2. The van der Waals surface area contributed by atoms with Crippen LogP contribution in [0.3, 0.4) is 0 Å². The van der Waals surface area contributed by atoms with Gasteiger partial charge in [0.2, 0.25) is 0 Å². The van der Waals surface area contributed by atoms with Gasteiger partial charge in [0.15, 0.2) is 0 Å². The lowest BCUT2D eigenvalue weighted by atomic mass is 9.96.